The Bertz CT molecular complexity index is 197. The van der Waals surface area contributed by atoms with E-state index in [1.54, 1.807) is 0 Å². The molecule has 0 fully saturated rings. The van der Waals surface area contributed by atoms with Crippen LogP contribution in [-0.2, 0) is 4.74 Å². The van der Waals surface area contributed by atoms with Crippen LogP contribution in [0.3, 0.4) is 0 Å². The van der Waals surface area contributed by atoms with Gasteiger partial charge in [0.05, 0.1) is 5.60 Å². The summed E-state index contributed by atoms with van der Waals surface area (Å²) in [7, 11) is 1.81. The highest BCUT2D eigenvalue weighted by Crippen LogP contribution is 2.20. The molecular weight excluding hydrogens is 242 g/mol. The fourth-order valence-corrected chi connectivity index (χ4v) is 2.70. The molecule has 0 rings (SSSR count). The minimum atomic E-state index is 0.00713. The predicted octanol–water partition coefficient (Wildman–Crippen LogP) is 4.09. The number of rotatable bonds is 11. The molecule has 0 aromatic rings. The van der Waals surface area contributed by atoms with E-state index in [-0.39, 0.29) is 5.60 Å². The van der Waals surface area contributed by atoms with Crippen LogP contribution in [0.25, 0.3) is 0 Å². The number of nitrogens with one attached hydrogen (secondary N) is 1. The van der Waals surface area contributed by atoms with Gasteiger partial charge in [-0.05, 0) is 46.1 Å². The van der Waals surface area contributed by atoms with Crippen molar-refractivity contribution >= 4 is 11.8 Å². The van der Waals surface area contributed by atoms with Crippen molar-refractivity contribution in [2.24, 2.45) is 0 Å². The van der Waals surface area contributed by atoms with Crippen LogP contribution in [0.2, 0.25) is 0 Å². The van der Waals surface area contributed by atoms with Crippen molar-refractivity contribution in [1.82, 2.24) is 5.32 Å². The van der Waals surface area contributed by atoms with Crippen molar-refractivity contribution in [2.75, 3.05) is 19.4 Å². The summed E-state index contributed by atoms with van der Waals surface area (Å²) in [6.45, 7) is 12.3. The first kappa shape index (κ1) is 18.3. The third-order valence-corrected chi connectivity index (χ3v) is 4.98. The highest BCUT2D eigenvalue weighted by Gasteiger charge is 2.19. The van der Waals surface area contributed by atoms with Crippen LogP contribution < -0.4 is 5.32 Å². The Morgan fingerprint density at radius 2 is 1.94 bits per heavy atom. The fraction of sp³-hybridized carbons (Fsp3) is 1.00. The summed E-state index contributed by atoms with van der Waals surface area (Å²) >= 11 is 2.09. The molecule has 0 amide bonds. The largest absolute Gasteiger partial charge is 0.379 e. The summed E-state index contributed by atoms with van der Waals surface area (Å²) in [5, 5.41) is 4.44. The second kappa shape index (κ2) is 10.1. The maximum Gasteiger partial charge on any atom is 0.0623 e. The molecule has 0 saturated heterocycles. The van der Waals surface area contributed by atoms with E-state index in [0.29, 0.717) is 6.04 Å². The molecule has 0 aliphatic carbocycles. The number of hydrogen-bond donors (Lipinski definition) is 1. The zero-order valence-corrected chi connectivity index (χ0v) is 14.0. The summed E-state index contributed by atoms with van der Waals surface area (Å²) in [6, 6.07) is 0.623. The third-order valence-electron chi connectivity index (χ3n) is 3.49. The van der Waals surface area contributed by atoms with Gasteiger partial charge < -0.3 is 10.1 Å². The standard InChI is InChI=1S/C15H33NOS/c1-7-11-16-14(12-18-13(3)8-2)9-10-15(4,5)17-6/h13-14,16H,7-12H2,1-6H3. The van der Waals surface area contributed by atoms with Gasteiger partial charge in [-0.25, -0.2) is 0 Å². The first-order valence-corrected chi connectivity index (χ1v) is 8.40. The molecule has 18 heavy (non-hydrogen) atoms. The zero-order valence-electron chi connectivity index (χ0n) is 13.2. The predicted molar refractivity (Wildman–Crippen MR) is 84.6 cm³/mol. The number of hydrogen-bond acceptors (Lipinski definition) is 3. The van der Waals surface area contributed by atoms with Crippen LogP contribution in [0, 0.1) is 0 Å². The van der Waals surface area contributed by atoms with E-state index in [4.69, 9.17) is 4.74 Å². The topological polar surface area (TPSA) is 21.3 Å². The van der Waals surface area contributed by atoms with Gasteiger partial charge >= 0.3 is 0 Å². The van der Waals surface area contributed by atoms with E-state index in [1.165, 1.54) is 25.0 Å². The maximum absolute atomic E-state index is 5.50. The Morgan fingerprint density at radius 1 is 1.28 bits per heavy atom. The molecule has 2 atom stereocenters. The van der Waals surface area contributed by atoms with Gasteiger partial charge in [-0.15, -0.1) is 0 Å². The Hall–Kier alpha value is 0.270. The number of ether oxygens (including phenoxy) is 1. The highest BCUT2D eigenvalue weighted by molar-refractivity contribution is 7.99. The quantitative estimate of drug-likeness (QED) is 0.613. The van der Waals surface area contributed by atoms with Crippen LogP contribution in [0.1, 0.15) is 60.3 Å². The third kappa shape index (κ3) is 9.23. The molecule has 1 N–H and O–H groups in total. The van der Waals surface area contributed by atoms with Gasteiger partial charge in [-0.1, -0.05) is 20.8 Å². The van der Waals surface area contributed by atoms with Crippen molar-refractivity contribution in [2.45, 2.75) is 77.2 Å². The Kier molecular flexibility index (Phi) is 10.3. The molecule has 110 valence electrons. The molecule has 0 aromatic carbocycles. The molecule has 0 spiro atoms. The van der Waals surface area contributed by atoms with Gasteiger partial charge in [-0.3, -0.25) is 0 Å². The smallest absolute Gasteiger partial charge is 0.0623 e. The Balaban J connectivity index is 4.05. The minimum absolute atomic E-state index is 0.00713. The summed E-state index contributed by atoms with van der Waals surface area (Å²) in [5.74, 6) is 1.22. The van der Waals surface area contributed by atoms with Crippen LogP contribution in [0.5, 0.6) is 0 Å². The lowest BCUT2D eigenvalue weighted by Gasteiger charge is -2.27. The van der Waals surface area contributed by atoms with Gasteiger partial charge in [0, 0.05) is 24.2 Å². The van der Waals surface area contributed by atoms with Crippen LogP contribution in [-0.4, -0.2) is 36.3 Å². The van der Waals surface area contributed by atoms with Crippen molar-refractivity contribution in [3.63, 3.8) is 0 Å². The second-order valence-corrected chi connectivity index (χ2v) is 7.18. The van der Waals surface area contributed by atoms with Gasteiger partial charge in [-0.2, -0.15) is 11.8 Å². The second-order valence-electron chi connectivity index (χ2n) is 5.71. The molecule has 0 radical (unpaired) electrons. The molecule has 2 nitrogen and oxygen atoms in total. The van der Waals surface area contributed by atoms with E-state index >= 15 is 0 Å². The molecule has 0 saturated carbocycles. The van der Waals surface area contributed by atoms with E-state index in [1.807, 2.05) is 7.11 Å². The van der Waals surface area contributed by atoms with Crippen molar-refractivity contribution in [3.8, 4) is 0 Å². The van der Waals surface area contributed by atoms with Gasteiger partial charge in [0.25, 0.3) is 0 Å². The zero-order chi connectivity index (χ0) is 14.0. The average molecular weight is 276 g/mol. The molecule has 0 aliphatic rings. The van der Waals surface area contributed by atoms with Crippen LogP contribution >= 0.6 is 11.8 Å². The lowest BCUT2D eigenvalue weighted by Crippen LogP contribution is -2.35. The summed E-state index contributed by atoms with van der Waals surface area (Å²) < 4.78 is 5.50. The molecule has 0 aliphatic heterocycles. The van der Waals surface area contributed by atoms with Crippen molar-refractivity contribution in [3.05, 3.63) is 0 Å². The molecule has 0 bridgehead atoms. The summed E-state index contributed by atoms with van der Waals surface area (Å²) in [5.41, 5.74) is 0.00713. The fourth-order valence-electron chi connectivity index (χ4n) is 1.61. The van der Waals surface area contributed by atoms with Gasteiger partial charge in [0.2, 0.25) is 0 Å². The summed E-state index contributed by atoms with van der Waals surface area (Å²) in [6.07, 6.45) is 4.78. The van der Waals surface area contributed by atoms with E-state index in [2.05, 4.69) is 51.7 Å². The van der Waals surface area contributed by atoms with Crippen molar-refractivity contribution < 1.29 is 4.74 Å². The van der Waals surface area contributed by atoms with E-state index in [9.17, 15) is 0 Å². The Morgan fingerprint density at radius 3 is 2.44 bits per heavy atom. The minimum Gasteiger partial charge on any atom is -0.379 e. The number of thioether (sulfide) groups is 1. The highest BCUT2D eigenvalue weighted by atomic mass is 32.2. The van der Waals surface area contributed by atoms with E-state index in [0.717, 1.165) is 18.2 Å². The van der Waals surface area contributed by atoms with Gasteiger partial charge in [0.1, 0.15) is 0 Å². The number of methoxy groups -OCH3 is 1. The maximum atomic E-state index is 5.50. The summed E-state index contributed by atoms with van der Waals surface area (Å²) in [4.78, 5) is 0. The monoisotopic (exact) mass is 275 g/mol. The molecular formula is C15H33NOS. The van der Waals surface area contributed by atoms with Crippen molar-refractivity contribution in [1.29, 1.82) is 0 Å². The lowest BCUT2D eigenvalue weighted by atomic mass is 9.99. The van der Waals surface area contributed by atoms with Gasteiger partial charge in [0.15, 0.2) is 0 Å². The average Bonchev–Trinajstić information content (AvgIpc) is 2.37. The first-order valence-electron chi connectivity index (χ1n) is 7.35. The Labute approximate surface area is 119 Å². The normalized spacial score (nSPS) is 15.7. The van der Waals surface area contributed by atoms with E-state index < -0.39 is 0 Å². The molecule has 2 unspecified atom stereocenters. The first-order chi connectivity index (χ1) is 8.45. The lowest BCUT2D eigenvalue weighted by molar-refractivity contribution is 0.0122. The molecule has 0 heterocycles. The SMILES string of the molecule is CCCNC(CCC(C)(C)OC)CSC(C)CC. The van der Waals surface area contributed by atoms with Crippen LogP contribution in [0.15, 0.2) is 0 Å². The molecule has 0 aromatic heterocycles. The molecule has 3 heteroatoms. The van der Waals surface area contributed by atoms with Crippen LogP contribution in [0.4, 0.5) is 0 Å².